The molecule has 0 aromatic rings. The summed E-state index contributed by atoms with van der Waals surface area (Å²) < 4.78 is 10.9. The van der Waals surface area contributed by atoms with Gasteiger partial charge in [-0.15, -0.1) is 0 Å². The highest BCUT2D eigenvalue weighted by molar-refractivity contribution is 5.77. The van der Waals surface area contributed by atoms with Crippen molar-refractivity contribution >= 4 is 5.91 Å². The van der Waals surface area contributed by atoms with Crippen LogP contribution < -0.4 is 11.1 Å². The Balaban J connectivity index is 1.60. The number of amides is 1. The molecule has 0 aromatic heterocycles. The van der Waals surface area contributed by atoms with Crippen LogP contribution in [0, 0.1) is 11.8 Å². The van der Waals surface area contributed by atoms with E-state index >= 15 is 0 Å². The molecule has 1 amide bonds. The quantitative estimate of drug-likeness (QED) is 0.765. The van der Waals surface area contributed by atoms with E-state index in [0.29, 0.717) is 18.4 Å². The third-order valence-electron chi connectivity index (χ3n) is 4.52. The number of hydrogen-bond acceptors (Lipinski definition) is 4. The first kappa shape index (κ1) is 15.7. The Morgan fingerprint density at radius 3 is 2.55 bits per heavy atom. The molecule has 1 aliphatic heterocycles. The molecule has 1 saturated carbocycles. The maximum Gasteiger partial charge on any atom is 0.246 e. The molecule has 1 aliphatic carbocycles. The van der Waals surface area contributed by atoms with Crippen LogP contribution in [-0.4, -0.2) is 44.9 Å². The molecule has 0 radical (unpaired) electrons. The Morgan fingerprint density at radius 2 is 1.85 bits per heavy atom. The lowest BCUT2D eigenvalue weighted by molar-refractivity contribution is -0.127. The average molecular weight is 284 g/mol. The van der Waals surface area contributed by atoms with Gasteiger partial charge in [-0.25, -0.2) is 0 Å². The molecule has 2 rings (SSSR count). The fourth-order valence-electron chi connectivity index (χ4n) is 3.23. The third-order valence-corrected chi connectivity index (χ3v) is 4.52. The van der Waals surface area contributed by atoms with Gasteiger partial charge >= 0.3 is 0 Å². The molecule has 116 valence electrons. The largest absolute Gasteiger partial charge is 0.381 e. The molecule has 5 heteroatoms. The van der Waals surface area contributed by atoms with Gasteiger partial charge in [0.25, 0.3) is 0 Å². The van der Waals surface area contributed by atoms with Crippen molar-refractivity contribution in [2.24, 2.45) is 17.6 Å². The van der Waals surface area contributed by atoms with E-state index < -0.39 is 0 Å². The van der Waals surface area contributed by atoms with Gasteiger partial charge in [0.2, 0.25) is 5.91 Å². The number of carbonyl (C=O) groups is 1. The van der Waals surface area contributed by atoms with Crippen LogP contribution in [0.3, 0.4) is 0 Å². The van der Waals surface area contributed by atoms with Gasteiger partial charge in [-0.1, -0.05) is 12.8 Å². The van der Waals surface area contributed by atoms with Gasteiger partial charge in [0, 0.05) is 19.3 Å². The molecule has 2 fully saturated rings. The van der Waals surface area contributed by atoms with Crippen molar-refractivity contribution in [2.45, 2.75) is 44.6 Å². The standard InChI is InChI=1S/C15H28N2O3/c16-9-12-3-1-2-4-13(12)10-20-11-15(18)17-14-5-7-19-8-6-14/h12-14H,1-11,16H2,(H,17,18). The van der Waals surface area contributed by atoms with E-state index in [4.69, 9.17) is 15.2 Å². The number of rotatable bonds is 6. The van der Waals surface area contributed by atoms with Crippen LogP contribution in [0.2, 0.25) is 0 Å². The number of ether oxygens (including phenoxy) is 2. The van der Waals surface area contributed by atoms with Crippen molar-refractivity contribution in [3.05, 3.63) is 0 Å². The van der Waals surface area contributed by atoms with Crippen LogP contribution in [0.1, 0.15) is 38.5 Å². The predicted molar refractivity (Wildman–Crippen MR) is 77.3 cm³/mol. The second-order valence-electron chi connectivity index (χ2n) is 6.01. The molecule has 0 bridgehead atoms. The van der Waals surface area contributed by atoms with Crippen LogP contribution >= 0.6 is 0 Å². The predicted octanol–water partition coefficient (Wildman–Crippen LogP) is 1.06. The first-order chi connectivity index (χ1) is 9.79. The number of nitrogens with one attached hydrogen (secondary N) is 1. The summed E-state index contributed by atoms with van der Waals surface area (Å²) in [5.74, 6) is 1.10. The fraction of sp³-hybridized carbons (Fsp3) is 0.933. The monoisotopic (exact) mass is 284 g/mol. The van der Waals surface area contributed by atoms with Gasteiger partial charge in [-0.3, -0.25) is 4.79 Å². The van der Waals surface area contributed by atoms with Crippen LogP contribution in [0.4, 0.5) is 0 Å². The molecule has 3 N–H and O–H groups in total. The molecular formula is C15H28N2O3. The minimum Gasteiger partial charge on any atom is -0.381 e. The summed E-state index contributed by atoms with van der Waals surface area (Å²) >= 11 is 0. The van der Waals surface area contributed by atoms with Crippen molar-refractivity contribution in [1.82, 2.24) is 5.32 Å². The normalized spacial score (nSPS) is 28.2. The smallest absolute Gasteiger partial charge is 0.246 e. The van der Waals surface area contributed by atoms with Crippen molar-refractivity contribution in [3.63, 3.8) is 0 Å². The maximum absolute atomic E-state index is 11.8. The molecule has 2 aliphatic rings. The summed E-state index contributed by atoms with van der Waals surface area (Å²) in [6.45, 7) is 3.06. The summed E-state index contributed by atoms with van der Waals surface area (Å²) in [4.78, 5) is 11.8. The number of nitrogens with two attached hydrogens (primary N) is 1. The molecule has 2 atom stereocenters. The Hall–Kier alpha value is -0.650. The summed E-state index contributed by atoms with van der Waals surface area (Å²) in [6.07, 6.45) is 6.75. The lowest BCUT2D eigenvalue weighted by Crippen LogP contribution is -2.41. The van der Waals surface area contributed by atoms with Gasteiger partial charge in [0.05, 0.1) is 6.61 Å². The summed E-state index contributed by atoms with van der Waals surface area (Å²) in [5, 5.41) is 3.01. The Morgan fingerprint density at radius 1 is 1.15 bits per heavy atom. The van der Waals surface area contributed by atoms with E-state index in [9.17, 15) is 4.79 Å². The average Bonchev–Trinajstić information content (AvgIpc) is 2.49. The second kappa shape index (κ2) is 8.60. The van der Waals surface area contributed by atoms with Crippen LogP contribution in [-0.2, 0) is 14.3 Å². The van der Waals surface area contributed by atoms with E-state index in [0.717, 1.165) is 32.6 Å². The molecule has 1 saturated heterocycles. The zero-order valence-corrected chi connectivity index (χ0v) is 12.3. The Kier molecular flexibility index (Phi) is 6.76. The summed E-state index contributed by atoms with van der Waals surface area (Å²) in [5.41, 5.74) is 5.80. The maximum atomic E-state index is 11.8. The van der Waals surface area contributed by atoms with Gasteiger partial charge < -0.3 is 20.5 Å². The van der Waals surface area contributed by atoms with Gasteiger partial charge in [0.1, 0.15) is 6.61 Å². The SMILES string of the molecule is NCC1CCCCC1COCC(=O)NC1CCOCC1. The van der Waals surface area contributed by atoms with Crippen molar-refractivity contribution in [3.8, 4) is 0 Å². The van der Waals surface area contributed by atoms with Crippen LogP contribution in [0.15, 0.2) is 0 Å². The molecule has 20 heavy (non-hydrogen) atoms. The lowest BCUT2D eigenvalue weighted by Gasteiger charge is -2.30. The summed E-state index contributed by atoms with van der Waals surface area (Å²) in [6, 6.07) is 0.256. The zero-order chi connectivity index (χ0) is 14.2. The zero-order valence-electron chi connectivity index (χ0n) is 12.3. The highest BCUT2D eigenvalue weighted by Gasteiger charge is 2.24. The van der Waals surface area contributed by atoms with Crippen LogP contribution in [0.25, 0.3) is 0 Å². The molecule has 1 heterocycles. The highest BCUT2D eigenvalue weighted by atomic mass is 16.5. The van der Waals surface area contributed by atoms with E-state index in [1.807, 2.05) is 0 Å². The Bertz CT molecular complexity index is 293. The van der Waals surface area contributed by atoms with Gasteiger partial charge in [-0.2, -0.15) is 0 Å². The van der Waals surface area contributed by atoms with Crippen molar-refractivity contribution < 1.29 is 14.3 Å². The number of hydrogen-bond donors (Lipinski definition) is 2. The van der Waals surface area contributed by atoms with Gasteiger partial charge in [0.15, 0.2) is 0 Å². The van der Waals surface area contributed by atoms with Crippen molar-refractivity contribution in [2.75, 3.05) is 33.0 Å². The molecule has 0 spiro atoms. The molecule has 0 aromatic carbocycles. The first-order valence-corrected chi connectivity index (χ1v) is 7.94. The van der Waals surface area contributed by atoms with Crippen molar-refractivity contribution in [1.29, 1.82) is 0 Å². The van der Waals surface area contributed by atoms with Crippen LogP contribution in [0.5, 0.6) is 0 Å². The summed E-state index contributed by atoms with van der Waals surface area (Å²) in [7, 11) is 0. The minimum atomic E-state index is -0.00277. The Labute approximate surface area is 121 Å². The highest BCUT2D eigenvalue weighted by Crippen LogP contribution is 2.29. The van der Waals surface area contributed by atoms with E-state index in [-0.39, 0.29) is 18.6 Å². The first-order valence-electron chi connectivity index (χ1n) is 7.94. The van der Waals surface area contributed by atoms with Gasteiger partial charge in [-0.05, 0) is 44.1 Å². The molecular weight excluding hydrogens is 256 g/mol. The fourth-order valence-corrected chi connectivity index (χ4v) is 3.23. The number of carbonyl (C=O) groups excluding carboxylic acids is 1. The molecule has 2 unspecified atom stereocenters. The van der Waals surface area contributed by atoms with E-state index in [2.05, 4.69) is 5.32 Å². The molecule has 5 nitrogen and oxygen atoms in total. The van der Waals surface area contributed by atoms with E-state index in [1.165, 1.54) is 25.7 Å². The topological polar surface area (TPSA) is 73.6 Å². The minimum absolute atomic E-state index is 0.00277. The lowest BCUT2D eigenvalue weighted by atomic mass is 9.80. The van der Waals surface area contributed by atoms with E-state index in [1.54, 1.807) is 0 Å². The third kappa shape index (κ3) is 5.04. The second-order valence-corrected chi connectivity index (χ2v) is 6.01.